The van der Waals surface area contributed by atoms with Crippen LogP contribution in [0.2, 0.25) is 5.02 Å². The van der Waals surface area contributed by atoms with E-state index >= 15 is 0 Å². The van der Waals surface area contributed by atoms with Crippen LogP contribution in [-0.2, 0) is 17.5 Å². The minimum Gasteiger partial charge on any atom is -0.482 e. The molecule has 6 nitrogen and oxygen atoms in total. The Hall–Kier alpha value is -2.72. The Morgan fingerprint density at radius 2 is 1.81 bits per heavy atom. The van der Waals surface area contributed by atoms with Crippen LogP contribution in [0.4, 0.5) is 18.9 Å². The summed E-state index contributed by atoms with van der Waals surface area (Å²) in [4.78, 5) is 12.6. The first-order chi connectivity index (χ1) is 17.4. The molecule has 0 aliphatic rings. The fourth-order valence-electron chi connectivity index (χ4n) is 3.67. The number of carbonyl (C=O) groups is 1. The average Bonchev–Trinajstić information content (AvgIpc) is 3.20. The number of alkyl halides is 3. The molecule has 3 rings (SSSR count). The number of benzene rings is 2. The van der Waals surface area contributed by atoms with Gasteiger partial charge in [-0.3, -0.25) is 4.79 Å². The number of anilines is 1. The third-order valence-corrected chi connectivity index (χ3v) is 6.70. The van der Waals surface area contributed by atoms with Crippen LogP contribution < -0.4 is 10.1 Å². The SMILES string of the molecule is CC(C)Cn1c(SCC(=O)Nc2cc(C(F)(F)F)ccc2Cl)nnc1C(C)Oc1ccccc1C(C)C. The standard InChI is InChI=1S/C26H30ClF3N4O2S/c1-15(2)13-34-24(17(5)36-22-9-7-6-8-19(22)16(3)4)32-33-25(34)37-14-23(35)31-21-12-18(26(28,29)30)10-11-20(21)27/h6-12,15-17H,13-14H2,1-5H3,(H,31,35). The van der Waals surface area contributed by atoms with Crippen LogP contribution in [-0.4, -0.2) is 26.4 Å². The van der Waals surface area contributed by atoms with E-state index in [0.717, 1.165) is 41.3 Å². The van der Waals surface area contributed by atoms with Gasteiger partial charge in [0.2, 0.25) is 5.91 Å². The van der Waals surface area contributed by atoms with Crippen molar-refractivity contribution in [3.8, 4) is 5.75 Å². The summed E-state index contributed by atoms with van der Waals surface area (Å²) in [5.74, 6) is 1.34. The molecular weight excluding hydrogens is 525 g/mol. The molecule has 0 saturated heterocycles. The first-order valence-corrected chi connectivity index (χ1v) is 13.2. The molecule has 0 saturated carbocycles. The molecule has 0 fully saturated rings. The van der Waals surface area contributed by atoms with Gasteiger partial charge in [-0.25, -0.2) is 0 Å². The maximum Gasteiger partial charge on any atom is 0.416 e. The highest BCUT2D eigenvalue weighted by molar-refractivity contribution is 7.99. The molecule has 11 heteroatoms. The summed E-state index contributed by atoms with van der Waals surface area (Å²) in [6, 6.07) is 10.6. The van der Waals surface area contributed by atoms with Crippen molar-refractivity contribution in [1.29, 1.82) is 0 Å². The lowest BCUT2D eigenvalue weighted by atomic mass is 10.0. The summed E-state index contributed by atoms with van der Waals surface area (Å²) in [7, 11) is 0. The predicted molar refractivity (Wildman–Crippen MR) is 140 cm³/mol. The van der Waals surface area contributed by atoms with E-state index in [1.807, 2.05) is 35.8 Å². The minimum atomic E-state index is -4.54. The van der Waals surface area contributed by atoms with Crippen LogP contribution >= 0.6 is 23.4 Å². The van der Waals surface area contributed by atoms with Gasteiger partial charge < -0.3 is 14.6 Å². The van der Waals surface area contributed by atoms with E-state index in [1.165, 1.54) is 0 Å². The van der Waals surface area contributed by atoms with Crippen LogP contribution in [0.25, 0.3) is 0 Å². The van der Waals surface area contributed by atoms with Gasteiger partial charge in [-0.2, -0.15) is 13.2 Å². The quantitative estimate of drug-likeness (QED) is 0.261. The van der Waals surface area contributed by atoms with E-state index in [2.05, 4.69) is 43.2 Å². The summed E-state index contributed by atoms with van der Waals surface area (Å²) in [6.07, 6.45) is -4.95. The number of ether oxygens (including phenoxy) is 1. The zero-order valence-electron chi connectivity index (χ0n) is 21.3. The fourth-order valence-corrected chi connectivity index (χ4v) is 4.59. The molecule has 1 heterocycles. The second-order valence-electron chi connectivity index (χ2n) is 9.33. The maximum absolute atomic E-state index is 13.0. The Morgan fingerprint density at radius 3 is 2.46 bits per heavy atom. The Morgan fingerprint density at radius 1 is 1.11 bits per heavy atom. The topological polar surface area (TPSA) is 69.0 Å². The third kappa shape index (κ3) is 7.64. The van der Waals surface area contributed by atoms with Crippen LogP contribution in [0.15, 0.2) is 47.6 Å². The van der Waals surface area contributed by atoms with Crippen LogP contribution in [0.3, 0.4) is 0 Å². The van der Waals surface area contributed by atoms with Crippen molar-refractivity contribution in [3.05, 3.63) is 64.4 Å². The zero-order valence-corrected chi connectivity index (χ0v) is 22.8. The molecule has 3 aromatic rings. The number of nitrogens with one attached hydrogen (secondary N) is 1. The molecule has 2 aromatic carbocycles. The summed E-state index contributed by atoms with van der Waals surface area (Å²) in [5, 5.41) is 11.6. The molecule has 0 aliphatic heterocycles. The van der Waals surface area contributed by atoms with Crippen molar-refractivity contribution < 1.29 is 22.7 Å². The lowest BCUT2D eigenvalue weighted by Gasteiger charge is -2.20. The highest BCUT2D eigenvalue weighted by Crippen LogP contribution is 2.34. The van der Waals surface area contributed by atoms with E-state index in [-0.39, 0.29) is 28.3 Å². The zero-order chi connectivity index (χ0) is 27.3. The molecule has 0 spiro atoms. The lowest BCUT2D eigenvalue weighted by molar-refractivity contribution is -0.137. The van der Waals surface area contributed by atoms with Gasteiger partial charge in [-0.15, -0.1) is 10.2 Å². The fraction of sp³-hybridized carbons (Fsp3) is 0.423. The van der Waals surface area contributed by atoms with Crippen molar-refractivity contribution >= 4 is 35.0 Å². The van der Waals surface area contributed by atoms with Gasteiger partial charge in [0.15, 0.2) is 17.1 Å². The summed E-state index contributed by atoms with van der Waals surface area (Å²) in [5.41, 5.74) is 0.0928. The van der Waals surface area contributed by atoms with Gasteiger partial charge in [-0.05, 0) is 48.6 Å². The maximum atomic E-state index is 13.0. The van der Waals surface area contributed by atoms with Gasteiger partial charge in [0.25, 0.3) is 0 Å². The largest absolute Gasteiger partial charge is 0.482 e. The summed E-state index contributed by atoms with van der Waals surface area (Å²) >= 11 is 7.14. The average molecular weight is 555 g/mol. The number of halogens is 4. The number of thioether (sulfide) groups is 1. The van der Waals surface area contributed by atoms with E-state index < -0.39 is 23.8 Å². The lowest BCUT2D eigenvalue weighted by Crippen LogP contribution is -2.18. The number of carbonyl (C=O) groups excluding carboxylic acids is 1. The Kier molecular flexibility index (Phi) is 9.52. The molecule has 1 unspecified atom stereocenters. The van der Waals surface area contributed by atoms with Crippen molar-refractivity contribution in [2.24, 2.45) is 5.92 Å². The molecule has 37 heavy (non-hydrogen) atoms. The first-order valence-electron chi connectivity index (χ1n) is 11.8. The molecule has 1 N–H and O–H groups in total. The predicted octanol–water partition coefficient (Wildman–Crippen LogP) is 7.60. The molecular formula is C26H30ClF3N4O2S. The molecule has 0 aliphatic carbocycles. The number of para-hydroxylation sites is 1. The normalized spacial score (nSPS) is 12.7. The molecule has 1 atom stereocenters. The van der Waals surface area contributed by atoms with Crippen LogP contribution in [0.5, 0.6) is 5.75 Å². The number of amides is 1. The summed E-state index contributed by atoms with van der Waals surface area (Å²) < 4.78 is 47.3. The molecule has 0 bridgehead atoms. The summed E-state index contributed by atoms with van der Waals surface area (Å²) in [6.45, 7) is 10.8. The van der Waals surface area contributed by atoms with E-state index in [9.17, 15) is 18.0 Å². The van der Waals surface area contributed by atoms with E-state index in [1.54, 1.807) is 0 Å². The Balaban J connectivity index is 1.75. The highest BCUT2D eigenvalue weighted by atomic mass is 35.5. The van der Waals surface area contributed by atoms with Gasteiger partial charge >= 0.3 is 6.18 Å². The molecule has 0 radical (unpaired) electrons. The number of rotatable bonds is 10. The van der Waals surface area contributed by atoms with Crippen LogP contribution in [0, 0.1) is 5.92 Å². The molecule has 1 amide bonds. The third-order valence-electron chi connectivity index (χ3n) is 5.40. The van der Waals surface area contributed by atoms with Gasteiger partial charge in [0.1, 0.15) is 5.75 Å². The van der Waals surface area contributed by atoms with Crippen molar-refractivity contribution in [2.75, 3.05) is 11.1 Å². The van der Waals surface area contributed by atoms with Crippen molar-refractivity contribution in [2.45, 2.75) is 64.5 Å². The van der Waals surface area contributed by atoms with Crippen LogP contribution in [0.1, 0.15) is 63.6 Å². The number of hydrogen-bond donors (Lipinski definition) is 1. The first kappa shape index (κ1) is 28.8. The highest BCUT2D eigenvalue weighted by Gasteiger charge is 2.31. The van der Waals surface area contributed by atoms with Crippen molar-refractivity contribution in [3.63, 3.8) is 0 Å². The monoisotopic (exact) mass is 554 g/mol. The molecule has 200 valence electrons. The number of aromatic nitrogens is 3. The van der Waals surface area contributed by atoms with Gasteiger partial charge in [0, 0.05) is 6.54 Å². The second kappa shape index (κ2) is 12.2. The van der Waals surface area contributed by atoms with Crippen molar-refractivity contribution in [1.82, 2.24) is 14.8 Å². The minimum absolute atomic E-state index is 0.0178. The van der Waals surface area contributed by atoms with Gasteiger partial charge in [-0.1, -0.05) is 69.3 Å². The van der Waals surface area contributed by atoms with Gasteiger partial charge in [0.05, 0.1) is 22.0 Å². The Labute approximate surface area is 223 Å². The Bertz CT molecular complexity index is 1230. The second-order valence-corrected chi connectivity index (χ2v) is 10.7. The van der Waals surface area contributed by atoms with E-state index in [4.69, 9.17) is 16.3 Å². The number of nitrogens with zero attached hydrogens (tertiary/aromatic N) is 3. The number of hydrogen-bond acceptors (Lipinski definition) is 5. The van der Waals surface area contributed by atoms with E-state index in [0.29, 0.717) is 17.5 Å². The molecule has 1 aromatic heterocycles. The smallest absolute Gasteiger partial charge is 0.416 e.